The van der Waals surface area contributed by atoms with Crippen molar-refractivity contribution < 1.29 is 18.4 Å². The molecule has 8 heteroatoms. The van der Waals surface area contributed by atoms with Crippen LogP contribution in [0.25, 0.3) is 0 Å². The molecule has 0 bridgehead atoms. The summed E-state index contributed by atoms with van der Waals surface area (Å²) in [7, 11) is 0. The first-order valence-corrected chi connectivity index (χ1v) is 6.66. The molecule has 0 saturated heterocycles. The topological polar surface area (TPSA) is 101 Å². The summed E-state index contributed by atoms with van der Waals surface area (Å²) in [5, 5.41) is 8.99. The second kappa shape index (κ2) is 6.15. The Balaban J connectivity index is 2.24. The van der Waals surface area contributed by atoms with Gasteiger partial charge in [-0.3, -0.25) is 14.7 Å². The maximum absolute atomic E-state index is 13.4. The van der Waals surface area contributed by atoms with E-state index in [-0.39, 0.29) is 5.82 Å². The number of hydrogen-bond acceptors (Lipinski definition) is 3. The second-order valence-corrected chi connectivity index (χ2v) is 5.49. The van der Waals surface area contributed by atoms with E-state index in [9.17, 15) is 18.4 Å². The van der Waals surface area contributed by atoms with Crippen LogP contribution in [-0.2, 0) is 15.0 Å². The molecule has 1 aromatic carbocycles. The minimum absolute atomic E-state index is 0.229. The number of rotatable bonds is 5. The van der Waals surface area contributed by atoms with Crippen LogP contribution in [0.5, 0.6) is 0 Å². The molecule has 6 nitrogen and oxygen atoms in total. The van der Waals surface area contributed by atoms with Gasteiger partial charge < -0.3 is 11.1 Å². The van der Waals surface area contributed by atoms with Crippen molar-refractivity contribution >= 4 is 17.6 Å². The number of nitrogens with zero attached hydrogens (tertiary/aromatic N) is 1. The summed E-state index contributed by atoms with van der Waals surface area (Å²) in [5.74, 6) is -2.73. The zero-order chi connectivity index (χ0) is 17.2. The maximum Gasteiger partial charge on any atom is 0.239 e. The fourth-order valence-electron chi connectivity index (χ4n) is 2.07. The van der Waals surface area contributed by atoms with Crippen molar-refractivity contribution in [1.82, 2.24) is 10.2 Å². The van der Waals surface area contributed by atoms with Crippen LogP contribution in [0, 0.1) is 18.1 Å². The summed E-state index contributed by atoms with van der Waals surface area (Å²) in [5.41, 5.74) is 4.91. The minimum Gasteiger partial charge on any atom is -0.369 e. The largest absolute Gasteiger partial charge is 0.369 e. The predicted molar refractivity (Wildman–Crippen MR) is 79.2 cm³/mol. The van der Waals surface area contributed by atoms with Gasteiger partial charge in [-0.05, 0) is 17.7 Å². The van der Waals surface area contributed by atoms with Gasteiger partial charge >= 0.3 is 0 Å². The molecule has 0 aliphatic rings. The standard InChI is InChI=1S/C15H15F2N4O2/c1-15(2,8-3-9(16)5-10(17)4-8)11-6-13(21-20-11)19-14(23)7-12(18)22/h3-7H,1-2H3,(H2,18,22)(H2,19,20,21,23). The Hall–Kier alpha value is -2.77. The van der Waals surface area contributed by atoms with Crippen LogP contribution >= 0.6 is 0 Å². The predicted octanol–water partition coefficient (Wildman–Crippen LogP) is 1.64. The minimum atomic E-state index is -0.877. The smallest absolute Gasteiger partial charge is 0.239 e. The number of primary amides is 1. The van der Waals surface area contributed by atoms with Crippen molar-refractivity contribution in [2.45, 2.75) is 19.3 Å². The monoisotopic (exact) mass is 321 g/mol. The lowest BCUT2D eigenvalue weighted by Gasteiger charge is -2.23. The third kappa shape index (κ3) is 3.91. The van der Waals surface area contributed by atoms with Crippen LogP contribution in [0.4, 0.5) is 14.6 Å². The van der Waals surface area contributed by atoms with Crippen molar-refractivity contribution in [1.29, 1.82) is 0 Å². The number of nitrogens with one attached hydrogen (secondary N) is 2. The number of carbonyl (C=O) groups excluding carboxylic acids is 2. The zero-order valence-corrected chi connectivity index (χ0v) is 12.5. The fraction of sp³-hybridized carbons (Fsp3) is 0.200. The Morgan fingerprint density at radius 3 is 2.39 bits per heavy atom. The first-order chi connectivity index (χ1) is 10.7. The van der Waals surface area contributed by atoms with Crippen molar-refractivity contribution in [3.8, 4) is 0 Å². The van der Waals surface area contributed by atoms with E-state index in [0.717, 1.165) is 6.07 Å². The van der Waals surface area contributed by atoms with Gasteiger partial charge in [-0.15, -0.1) is 0 Å². The lowest BCUT2D eigenvalue weighted by Crippen LogP contribution is -2.22. The van der Waals surface area contributed by atoms with E-state index in [4.69, 9.17) is 5.73 Å². The molecule has 0 atom stereocenters. The van der Waals surface area contributed by atoms with E-state index in [1.165, 1.54) is 18.2 Å². The van der Waals surface area contributed by atoms with Crippen LogP contribution in [0.3, 0.4) is 0 Å². The van der Waals surface area contributed by atoms with Crippen molar-refractivity contribution in [3.05, 3.63) is 53.6 Å². The highest BCUT2D eigenvalue weighted by Crippen LogP contribution is 2.32. The summed E-state index contributed by atoms with van der Waals surface area (Å²) < 4.78 is 26.8. The van der Waals surface area contributed by atoms with Crippen molar-refractivity contribution in [2.75, 3.05) is 5.32 Å². The number of nitrogens with two attached hydrogens (primary N) is 1. The second-order valence-electron chi connectivity index (χ2n) is 5.49. The van der Waals surface area contributed by atoms with Gasteiger partial charge in [-0.25, -0.2) is 8.78 Å². The van der Waals surface area contributed by atoms with Gasteiger partial charge in [-0.2, -0.15) is 5.10 Å². The number of anilines is 1. The third-order valence-corrected chi connectivity index (χ3v) is 3.33. The average molecular weight is 321 g/mol. The van der Waals surface area contributed by atoms with Gasteiger partial charge in [0.05, 0.1) is 5.69 Å². The molecular formula is C15H15F2N4O2. The van der Waals surface area contributed by atoms with Crippen molar-refractivity contribution in [2.24, 2.45) is 5.73 Å². The molecule has 1 heterocycles. The zero-order valence-electron chi connectivity index (χ0n) is 12.5. The Morgan fingerprint density at radius 1 is 1.22 bits per heavy atom. The first-order valence-electron chi connectivity index (χ1n) is 6.66. The number of aromatic nitrogens is 2. The van der Waals surface area contributed by atoms with Crippen LogP contribution < -0.4 is 11.1 Å². The molecular weight excluding hydrogens is 306 g/mol. The van der Waals surface area contributed by atoms with Crippen molar-refractivity contribution in [3.63, 3.8) is 0 Å². The highest BCUT2D eigenvalue weighted by atomic mass is 19.1. The molecule has 0 aliphatic carbocycles. The van der Waals surface area contributed by atoms with Crippen LogP contribution in [0.15, 0.2) is 24.3 Å². The Kier molecular flexibility index (Phi) is 4.44. The molecule has 0 saturated carbocycles. The lowest BCUT2D eigenvalue weighted by molar-refractivity contribution is -0.120. The van der Waals surface area contributed by atoms with E-state index in [2.05, 4.69) is 15.5 Å². The van der Waals surface area contributed by atoms with Crippen LogP contribution in [0.1, 0.15) is 25.1 Å². The number of hydrogen-bond donors (Lipinski definition) is 3. The number of aromatic amines is 1. The van der Waals surface area contributed by atoms with E-state index in [1.807, 2.05) is 0 Å². The summed E-state index contributed by atoms with van der Waals surface area (Å²) in [6.07, 6.45) is 0.688. The van der Waals surface area contributed by atoms with Crippen LogP contribution in [0.2, 0.25) is 0 Å². The Bertz CT molecular complexity index is 735. The van der Waals surface area contributed by atoms with E-state index in [1.54, 1.807) is 13.8 Å². The van der Waals surface area contributed by atoms with E-state index < -0.39 is 28.9 Å². The summed E-state index contributed by atoms with van der Waals surface area (Å²) in [6.45, 7) is 3.47. The quantitative estimate of drug-likeness (QED) is 0.730. The molecule has 23 heavy (non-hydrogen) atoms. The molecule has 2 rings (SSSR count). The van der Waals surface area contributed by atoms with Gasteiger partial charge in [0, 0.05) is 17.5 Å². The molecule has 2 amide bonds. The highest BCUT2D eigenvalue weighted by Gasteiger charge is 2.27. The van der Waals surface area contributed by atoms with Crippen LogP contribution in [-0.4, -0.2) is 22.0 Å². The summed E-state index contributed by atoms with van der Waals surface area (Å²) in [4.78, 5) is 22.0. The molecule has 0 aliphatic heterocycles. The highest BCUT2D eigenvalue weighted by molar-refractivity contribution is 6.12. The normalized spacial score (nSPS) is 11.3. The third-order valence-electron chi connectivity index (χ3n) is 3.33. The molecule has 1 aromatic heterocycles. The molecule has 0 unspecified atom stereocenters. The van der Waals surface area contributed by atoms with E-state index in [0.29, 0.717) is 17.7 Å². The molecule has 0 fully saturated rings. The molecule has 1 radical (unpaired) electrons. The number of amides is 2. The van der Waals surface area contributed by atoms with E-state index >= 15 is 0 Å². The van der Waals surface area contributed by atoms with Gasteiger partial charge in [0.25, 0.3) is 0 Å². The summed E-state index contributed by atoms with van der Waals surface area (Å²) in [6, 6.07) is 4.73. The lowest BCUT2D eigenvalue weighted by atomic mass is 9.81. The molecule has 4 N–H and O–H groups in total. The molecule has 0 spiro atoms. The number of benzene rings is 1. The summed E-state index contributed by atoms with van der Waals surface area (Å²) >= 11 is 0. The van der Waals surface area contributed by atoms with Gasteiger partial charge in [0.1, 0.15) is 23.9 Å². The first kappa shape index (κ1) is 16.6. The average Bonchev–Trinajstić information content (AvgIpc) is 2.85. The van der Waals surface area contributed by atoms with Gasteiger partial charge in [0.15, 0.2) is 0 Å². The van der Waals surface area contributed by atoms with Gasteiger partial charge in [-0.1, -0.05) is 13.8 Å². The Labute approximate surface area is 131 Å². The van der Waals surface area contributed by atoms with Gasteiger partial charge in [0.2, 0.25) is 11.8 Å². The number of carbonyl (C=O) groups is 2. The molecule has 2 aromatic rings. The Morgan fingerprint density at radius 2 is 1.83 bits per heavy atom. The maximum atomic E-state index is 13.4. The number of H-pyrrole nitrogens is 1. The number of halogens is 2. The SMILES string of the molecule is CC(C)(c1cc(F)cc(F)c1)c1cc(NC(=O)[CH]C(N)=O)[nH]n1. The molecule has 121 valence electrons. The fourth-order valence-corrected chi connectivity index (χ4v) is 2.07.